The molecule has 1 heterocycles. The molecule has 1 aliphatic heterocycles. The zero-order chi connectivity index (χ0) is 28.5. The highest BCUT2D eigenvalue weighted by Gasteiger charge is 2.88. The Labute approximate surface area is 229 Å². The van der Waals surface area contributed by atoms with Crippen LogP contribution in [-0.2, 0) is 33.3 Å². The van der Waals surface area contributed by atoms with E-state index in [0.29, 0.717) is 18.4 Å². The highest BCUT2D eigenvalue weighted by atomic mass is 16.6. The van der Waals surface area contributed by atoms with Crippen molar-refractivity contribution in [1.29, 1.82) is 0 Å². The molecule has 216 valence electrons. The van der Waals surface area contributed by atoms with Crippen LogP contribution in [-0.4, -0.2) is 70.3 Å². The van der Waals surface area contributed by atoms with E-state index in [1.165, 1.54) is 0 Å². The van der Waals surface area contributed by atoms with Crippen LogP contribution in [0.15, 0.2) is 23.3 Å². The molecule has 0 aromatic heterocycles. The number of rotatable bonds is 7. The van der Waals surface area contributed by atoms with Crippen LogP contribution in [0.4, 0.5) is 0 Å². The Hall–Kier alpha value is -2.23. The van der Waals surface area contributed by atoms with E-state index in [1.54, 1.807) is 0 Å². The molecular formula is C30H42O9. The van der Waals surface area contributed by atoms with E-state index in [2.05, 4.69) is 0 Å². The maximum Gasteiger partial charge on any atom is 0.332 e. The molecule has 9 nitrogen and oxygen atoms in total. The van der Waals surface area contributed by atoms with Crippen molar-refractivity contribution in [2.24, 2.45) is 29.1 Å². The molecule has 0 aromatic carbocycles. The van der Waals surface area contributed by atoms with Gasteiger partial charge in [0.25, 0.3) is 0 Å². The second-order valence-electron chi connectivity index (χ2n) is 12.7. The van der Waals surface area contributed by atoms with Gasteiger partial charge in [-0.15, -0.1) is 0 Å². The van der Waals surface area contributed by atoms with E-state index in [9.17, 15) is 24.6 Å². The number of aliphatic hydroxyl groups is 2. The average Bonchev–Trinajstić information content (AvgIpc) is 3.23. The molecule has 9 heteroatoms. The number of esters is 3. The largest absolute Gasteiger partial charge is 0.458 e. The summed E-state index contributed by atoms with van der Waals surface area (Å²) in [5.74, 6) is -3.71. The van der Waals surface area contributed by atoms with E-state index in [1.807, 2.05) is 53.7 Å². The standard InChI is InChI=1S/C30H42O9/c1-7-9-21(32)37-26-17(4)29(35)19(24-27(5,6)30(24,26)39-22(33)10-8-2)12-18(14-31)13-28-20(29)11-16(3)25(28)36-15-23(34)38-28/h11-12,17,19-20,24-26,31,35H,7-10,13-15H2,1-6H3/t17-,19+,20-,24-,25+,26-,28-,29-,30-/m1/s1. The molecule has 0 aromatic rings. The first-order valence-electron chi connectivity index (χ1n) is 14.3. The van der Waals surface area contributed by atoms with Gasteiger partial charge in [0.1, 0.15) is 18.8 Å². The van der Waals surface area contributed by atoms with Crippen molar-refractivity contribution in [3.63, 3.8) is 0 Å². The Morgan fingerprint density at radius 3 is 2.44 bits per heavy atom. The summed E-state index contributed by atoms with van der Waals surface area (Å²) in [6.45, 7) is 11.0. The van der Waals surface area contributed by atoms with Crippen molar-refractivity contribution < 1.29 is 43.5 Å². The highest BCUT2D eigenvalue weighted by Crippen LogP contribution is 2.77. The first-order valence-corrected chi connectivity index (χ1v) is 14.3. The third kappa shape index (κ3) is 3.72. The smallest absolute Gasteiger partial charge is 0.332 e. The lowest BCUT2D eigenvalue weighted by Crippen LogP contribution is -2.68. The minimum Gasteiger partial charge on any atom is -0.458 e. The van der Waals surface area contributed by atoms with Gasteiger partial charge in [-0.1, -0.05) is 46.8 Å². The van der Waals surface area contributed by atoms with Crippen LogP contribution < -0.4 is 0 Å². The second kappa shape index (κ2) is 9.42. The van der Waals surface area contributed by atoms with E-state index in [-0.39, 0.29) is 38.4 Å². The molecule has 3 fully saturated rings. The lowest BCUT2D eigenvalue weighted by molar-refractivity contribution is -0.253. The molecule has 5 rings (SSSR count). The van der Waals surface area contributed by atoms with Gasteiger partial charge < -0.3 is 29.2 Å². The van der Waals surface area contributed by atoms with Gasteiger partial charge in [0.15, 0.2) is 11.2 Å². The first-order chi connectivity index (χ1) is 18.3. The van der Waals surface area contributed by atoms with Crippen LogP contribution in [0, 0.1) is 29.1 Å². The molecule has 39 heavy (non-hydrogen) atoms. The van der Waals surface area contributed by atoms with E-state index >= 15 is 0 Å². The minimum atomic E-state index is -1.57. The quantitative estimate of drug-likeness (QED) is 0.281. The minimum absolute atomic E-state index is 0.191. The summed E-state index contributed by atoms with van der Waals surface area (Å²) in [5.41, 5.74) is -3.15. The van der Waals surface area contributed by atoms with E-state index in [4.69, 9.17) is 18.9 Å². The zero-order valence-electron chi connectivity index (χ0n) is 23.8. The molecule has 0 unspecified atom stereocenters. The maximum absolute atomic E-state index is 13.0. The summed E-state index contributed by atoms with van der Waals surface area (Å²) in [5, 5.41) is 23.4. The number of fused-ring (bicyclic) bond motifs is 4. The predicted molar refractivity (Wildman–Crippen MR) is 139 cm³/mol. The Morgan fingerprint density at radius 1 is 1.13 bits per heavy atom. The summed E-state index contributed by atoms with van der Waals surface area (Å²) in [6, 6.07) is 0. The molecule has 5 aliphatic rings. The predicted octanol–water partition coefficient (Wildman–Crippen LogP) is 3.01. The molecule has 4 aliphatic carbocycles. The van der Waals surface area contributed by atoms with E-state index < -0.39 is 70.0 Å². The first kappa shape index (κ1) is 28.3. The Balaban J connectivity index is 1.70. The lowest BCUT2D eigenvalue weighted by atomic mass is 9.58. The summed E-state index contributed by atoms with van der Waals surface area (Å²) < 4.78 is 24.5. The Kier molecular flexibility index (Phi) is 6.83. The monoisotopic (exact) mass is 546 g/mol. The average molecular weight is 547 g/mol. The number of hydrogen-bond acceptors (Lipinski definition) is 9. The van der Waals surface area contributed by atoms with Crippen molar-refractivity contribution in [3.8, 4) is 0 Å². The number of carbonyl (C=O) groups is 3. The highest BCUT2D eigenvalue weighted by molar-refractivity contribution is 5.74. The molecule has 1 spiro atoms. The normalized spacial score (nSPS) is 43.3. The Morgan fingerprint density at radius 2 is 1.79 bits per heavy atom. The van der Waals surface area contributed by atoms with Crippen molar-refractivity contribution in [2.75, 3.05) is 13.2 Å². The lowest BCUT2D eigenvalue weighted by Gasteiger charge is -2.55. The topological polar surface area (TPSA) is 129 Å². The van der Waals surface area contributed by atoms with Gasteiger partial charge in [0.2, 0.25) is 0 Å². The van der Waals surface area contributed by atoms with Crippen LogP contribution in [0.25, 0.3) is 0 Å². The van der Waals surface area contributed by atoms with Gasteiger partial charge >= 0.3 is 17.9 Å². The fourth-order valence-corrected chi connectivity index (χ4v) is 8.61. The molecule has 2 N–H and O–H groups in total. The molecular weight excluding hydrogens is 504 g/mol. The summed E-state index contributed by atoms with van der Waals surface area (Å²) in [7, 11) is 0. The fraction of sp³-hybridized carbons (Fsp3) is 0.767. The van der Waals surface area contributed by atoms with Gasteiger partial charge in [0.05, 0.1) is 18.1 Å². The van der Waals surface area contributed by atoms with Gasteiger partial charge in [-0.25, -0.2) is 4.79 Å². The fourth-order valence-electron chi connectivity index (χ4n) is 8.61. The van der Waals surface area contributed by atoms with Crippen molar-refractivity contribution in [1.82, 2.24) is 0 Å². The third-order valence-electron chi connectivity index (χ3n) is 10.2. The van der Waals surface area contributed by atoms with Gasteiger partial charge in [-0.2, -0.15) is 0 Å². The SMILES string of the molecule is CCCC(=O)O[C@@H]1[C@@H](C)[C@]2(O)[C@@H]3C=C(C)[C@@H]4OCC(=O)O[C@]34CC(CO)=C[C@H]2[C@@H]2C(C)(C)[C@]12OC(=O)CCC. The van der Waals surface area contributed by atoms with Crippen molar-refractivity contribution in [2.45, 2.75) is 103 Å². The van der Waals surface area contributed by atoms with Crippen molar-refractivity contribution >= 4 is 17.9 Å². The number of aliphatic hydroxyl groups excluding tert-OH is 1. The molecule has 0 radical (unpaired) electrons. The molecule has 0 amide bonds. The summed E-state index contributed by atoms with van der Waals surface area (Å²) >= 11 is 0. The maximum atomic E-state index is 13.0. The number of hydrogen-bond donors (Lipinski definition) is 2. The third-order valence-corrected chi connectivity index (χ3v) is 10.2. The molecule has 0 bridgehead atoms. The summed E-state index contributed by atoms with van der Waals surface area (Å²) in [4.78, 5) is 38.6. The zero-order valence-corrected chi connectivity index (χ0v) is 23.8. The number of carbonyl (C=O) groups excluding carboxylic acids is 3. The molecule has 9 atom stereocenters. The van der Waals surface area contributed by atoms with Crippen LogP contribution >= 0.6 is 0 Å². The van der Waals surface area contributed by atoms with Crippen molar-refractivity contribution in [3.05, 3.63) is 23.3 Å². The second-order valence-corrected chi connectivity index (χ2v) is 12.7. The van der Waals surface area contributed by atoms with Crippen LogP contribution in [0.1, 0.15) is 73.6 Å². The van der Waals surface area contributed by atoms with E-state index in [0.717, 1.165) is 5.57 Å². The van der Waals surface area contributed by atoms with Gasteiger partial charge in [-0.05, 0) is 30.9 Å². The Bertz CT molecular complexity index is 1120. The van der Waals surface area contributed by atoms with Crippen LogP contribution in [0.2, 0.25) is 0 Å². The van der Waals surface area contributed by atoms with Crippen LogP contribution in [0.3, 0.4) is 0 Å². The summed E-state index contributed by atoms with van der Waals surface area (Å²) in [6.07, 6.45) is 4.13. The number of ether oxygens (including phenoxy) is 4. The van der Waals surface area contributed by atoms with Crippen LogP contribution in [0.5, 0.6) is 0 Å². The van der Waals surface area contributed by atoms with Gasteiger partial charge in [-0.3, -0.25) is 9.59 Å². The molecule has 1 saturated heterocycles. The van der Waals surface area contributed by atoms with Gasteiger partial charge in [0, 0.05) is 42.4 Å². The molecule has 2 saturated carbocycles.